The van der Waals surface area contributed by atoms with E-state index in [1.165, 1.54) is 7.11 Å². The SMILES string of the molecule is CCOC(=O)NS(=O)(=O)CNc1[nH]nc(OC)c1Br. The van der Waals surface area contributed by atoms with Crippen molar-refractivity contribution in [2.75, 3.05) is 24.9 Å². The molecule has 0 aliphatic carbocycles. The number of carbonyl (C=O) groups excluding carboxylic acids is 1. The third-order valence-electron chi connectivity index (χ3n) is 1.82. The number of aromatic amines is 1. The highest BCUT2D eigenvalue weighted by molar-refractivity contribution is 9.10. The Morgan fingerprint density at radius 2 is 2.21 bits per heavy atom. The van der Waals surface area contributed by atoms with Crippen LogP contribution < -0.4 is 14.8 Å². The van der Waals surface area contributed by atoms with E-state index in [1.807, 2.05) is 0 Å². The largest absolute Gasteiger partial charge is 0.479 e. The van der Waals surface area contributed by atoms with E-state index in [4.69, 9.17) is 4.74 Å². The number of sulfonamides is 1. The molecular weight excluding hydrogens is 344 g/mol. The Hall–Kier alpha value is -1.49. The molecule has 1 aromatic heterocycles. The van der Waals surface area contributed by atoms with Crippen molar-refractivity contribution in [3.8, 4) is 5.88 Å². The van der Waals surface area contributed by atoms with Crippen LogP contribution in [0.25, 0.3) is 0 Å². The van der Waals surface area contributed by atoms with Gasteiger partial charge in [-0.25, -0.2) is 17.9 Å². The summed E-state index contributed by atoms with van der Waals surface area (Å²) in [4.78, 5) is 11.0. The summed E-state index contributed by atoms with van der Waals surface area (Å²) in [7, 11) is -2.44. The summed E-state index contributed by atoms with van der Waals surface area (Å²) in [6, 6.07) is 0. The van der Waals surface area contributed by atoms with Crippen molar-refractivity contribution in [1.29, 1.82) is 0 Å². The molecule has 1 aromatic rings. The number of H-pyrrole nitrogens is 1. The van der Waals surface area contributed by atoms with Gasteiger partial charge >= 0.3 is 6.09 Å². The van der Waals surface area contributed by atoms with E-state index in [0.717, 1.165) is 0 Å². The molecule has 0 aliphatic rings. The third kappa shape index (κ3) is 4.59. The van der Waals surface area contributed by atoms with Gasteiger partial charge in [0.25, 0.3) is 10.0 Å². The number of amides is 1. The summed E-state index contributed by atoms with van der Waals surface area (Å²) in [6.45, 7) is 1.65. The number of hydrogen-bond acceptors (Lipinski definition) is 7. The fourth-order valence-electron chi connectivity index (χ4n) is 1.05. The van der Waals surface area contributed by atoms with Crippen LogP contribution in [0.1, 0.15) is 6.92 Å². The number of anilines is 1. The van der Waals surface area contributed by atoms with Crippen LogP contribution in [0.15, 0.2) is 4.47 Å². The maximum atomic E-state index is 11.5. The standard InChI is InChI=1S/C8H13BrN4O5S/c1-3-18-8(14)13-19(15,16)4-10-6-5(9)7(17-2)12-11-6/h3-4H2,1-2H3,(H,13,14)(H2,10,11,12). The highest BCUT2D eigenvalue weighted by Crippen LogP contribution is 2.29. The van der Waals surface area contributed by atoms with Crippen molar-refractivity contribution in [3.05, 3.63) is 4.47 Å². The van der Waals surface area contributed by atoms with E-state index in [1.54, 1.807) is 11.6 Å². The monoisotopic (exact) mass is 356 g/mol. The van der Waals surface area contributed by atoms with E-state index in [0.29, 0.717) is 10.3 Å². The van der Waals surface area contributed by atoms with Crippen LogP contribution in [-0.2, 0) is 14.8 Å². The summed E-state index contributed by atoms with van der Waals surface area (Å²) < 4.78 is 34.6. The molecule has 11 heteroatoms. The van der Waals surface area contributed by atoms with Gasteiger partial charge in [0, 0.05) is 0 Å². The number of aromatic nitrogens is 2. The van der Waals surface area contributed by atoms with Gasteiger partial charge in [0.05, 0.1) is 13.7 Å². The quantitative estimate of drug-likeness (QED) is 0.682. The van der Waals surface area contributed by atoms with Crippen molar-refractivity contribution in [2.24, 2.45) is 0 Å². The summed E-state index contributed by atoms with van der Waals surface area (Å²) >= 11 is 3.17. The molecule has 0 saturated heterocycles. The Kier molecular flexibility index (Phi) is 5.42. The van der Waals surface area contributed by atoms with Crippen LogP contribution in [0.3, 0.4) is 0 Å². The molecule has 1 amide bonds. The number of rotatable bonds is 6. The predicted octanol–water partition coefficient (Wildman–Crippen LogP) is 0.626. The van der Waals surface area contributed by atoms with Crippen molar-refractivity contribution < 1.29 is 22.7 Å². The Labute approximate surface area is 118 Å². The number of halogens is 1. The molecule has 0 aliphatic heterocycles. The maximum Gasteiger partial charge on any atom is 0.420 e. The summed E-state index contributed by atoms with van der Waals surface area (Å²) in [5, 5.41) is 8.85. The fraction of sp³-hybridized carbons (Fsp3) is 0.500. The van der Waals surface area contributed by atoms with Crippen LogP contribution in [0.2, 0.25) is 0 Å². The Morgan fingerprint density at radius 3 is 2.74 bits per heavy atom. The van der Waals surface area contributed by atoms with E-state index in [9.17, 15) is 13.2 Å². The first kappa shape index (κ1) is 15.6. The third-order valence-corrected chi connectivity index (χ3v) is 3.56. The summed E-state index contributed by atoms with van der Waals surface area (Å²) in [5.41, 5.74) is 0. The molecule has 19 heavy (non-hydrogen) atoms. The van der Waals surface area contributed by atoms with E-state index in [2.05, 4.69) is 36.2 Å². The lowest BCUT2D eigenvalue weighted by atomic mass is 10.6. The first-order valence-corrected chi connectivity index (χ1v) is 7.53. The zero-order valence-corrected chi connectivity index (χ0v) is 12.6. The zero-order chi connectivity index (χ0) is 14.5. The van der Waals surface area contributed by atoms with Gasteiger partial charge in [-0.1, -0.05) is 0 Å². The predicted molar refractivity (Wildman–Crippen MR) is 70.4 cm³/mol. The Bertz CT molecular complexity index is 543. The van der Waals surface area contributed by atoms with Crippen molar-refractivity contribution in [3.63, 3.8) is 0 Å². The topological polar surface area (TPSA) is 122 Å². The van der Waals surface area contributed by atoms with Crippen LogP contribution in [-0.4, -0.2) is 44.3 Å². The van der Waals surface area contributed by atoms with E-state index >= 15 is 0 Å². The van der Waals surface area contributed by atoms with Gasteiger partial charge < -0.3 is 14.8 Å². The molecular formula is C8H13BrN4O5S. The first-order valence-electron chi connectivity index (χ1n) is 5.08. The molecule has 1 rings (SSSR count). The molecule has 1 heterocycles. The molecule has 0 aromatic carbocycles. The van der Waals surface area contributed by atoms with Crippen LogP contribution >= 0.6 is 15.9 Å². The molecule has 0 atom stereocenters. The average Bonchev–Trinajstić information content (AvgIpc) is 2.67. The van der Waals surface area contributed by atoms with E-state index in [-0.39, 0.29) is 12.5 Å². The van der Waals surface area contributed by atoms with Crippen LogP contribution in [0, 0.1) is 0 Å². The van der Waals surface area contributed by atoms with Crippen molar-refractivity contribution >= 4 is 37.9 Å². The minimum atomic E-state index is -3.86. The Balaban J connectivity index is 2.60. The van der Waals surface area contributed by atoms with E-state index < -0.39 is 22.0 Å². The second-order valence-electron chi connectivity index (χ2n) is 3.18. The molecule has 3 N–H and O–H groups in total. The zero-order valence-electron chi connectivity index (χ0n) is 10.2. The highest BCUT2D eigenvalue weighted by Gasteiger charge is 2.17. The number of carbonyl (C=O) groups is 1. The van der Waals surface area contributed by atoms with Crippen LogP contribution in [0.5, 0.6) is 5.88 Å². The highest BCUT2D eigenvalue weighted by atomic mass is 79.9. The molecule has 0 bridgehead atoms. The molecule has 0 spiro atoms. The molecule has 0 unspecified atom stereocenters. The number of nitrogens with one attached hydrogen (secondary N) is 3. The molecule has 9 nitrogen and oxygen atoms in total. The fourth-order valence-corrected chi connectivity index (χ4v) is 2.25. The molecule has 108 valence electrons. The molecule has 0 saturated carbocycles. The number of hydrogen-bond donors (Lipinski definition) is 3. The van der Waals surface area contributed by atoms with Crippen molar-refractivity contribution in [1.82, 2.24) is 14.9 Å². The number of methoxy groups -OCH3 is 1. The number of nitrogens with zero attached hydrogens (tertiary/aromatic N) is 1. The smallest absolute Gasteiger partial charge is 0.420 e. The maximum absolute atomic E-state index is 11.5. The normalized spacial score (nSPS) is 10.9. The second kappa shape index (κ2) is 6.61. The molecule has 0 fully saturated rings. The van der Waals surface area contributed by atoms with Gasteiger partial charge in [-0.05, 0) is 22.9 Å². The summed E-state index contributed by atoms with van der Waals surface area (Å²) in [5.74, 6) is 0.0554. The first-order chi connectivity index (χ1) is 8.89. The van der Waals surface area contributed by atoms with Gasteiger partial charge in [0.2, 0.25) is 5.88 Å². The van der Waals surface area contributed by atoms with Gasteiger partial charge in [0.15, 0.2) is 0 Å². The van der Waals surface area contributed by atoms with Gasteiger partial charge in [-0.3, -0.25) is 5.10 Å². The van der Waals surface area contributed by atoms with Gasteiger partial charge in [-0.2, -0.15) is 0 Å². The van der Waals surface area contributed by atoms with Gasteiger partial charge in [0.1, 0.15) is 16.2 Å². The second-order valence-corrected chi connectivity index (χ2v) is 5.70. The Morgan fingerprint density at radius 1 is 1.53 bits per heavy atom. The lowest BCUT2D eigenvalue weighted by Crippen LogP contribution is -2.35. The lowest BCUT2D eigenvalue weighted by molar-refractivity contribution is 0.158. The lowest BCUT2D eigenvalue weighted by Gasteiger charge is -2.07. The van der Waals surface area contributed by atoms with Gasteiger partial charge in [-0.15, -0.1) is 5.10 Å². The minimum Gasteiger partial charge on any atom is -0.479 e. The summed E-state index contributed by atoms with van der Waals surface area (Å²) in [6.07, 6.45) is -1.02. The van der Waals surface area contributed by atoms with Crippen LogP contribution in [0.4, 0.5) is 10.6 Å². The van der Waals surface area contributed by atoms with Crippen molar-refractivity contribution in [2.45, 2.75) is 6.92 Å². The number of ether oxygens (including phenoxy) is 2. The minimum absolute atomic E-state index is 0.0814. The average molecular weight is 357 g/mol. The molecule has 0 radical (unpaired) electrons.